The largest absolute Gasteiger partial charge is 0.335 e. The van der Waals surface area contributed by atoms with Crippen molar-refractivity contribution in [2.45, 2.75) is 69.2 Å². The number of nitrogens with one attached hydrogen (secondary N) is 2. The summed E-state index contributed by atoms with van der Waals surface area (Å²) in [5.41, 5.74) is 0.763. The predicted octanol–water partition coefficient (Wildman–Crippen LogP) is 3.34. The molecule has 0 aliphatic heterocycles. The summed E-state index contributed by atoms with van der Waals surface area (Å²) in [7, 11) is -3.93. The van der Waals surface area contributed by atoms with E-state index < -0.39 is 16.1 Å². The lowest BCUT2D eigenvalue weighted by Gasteiger charge is -2.28. The molecule has 1 saturated carbocycles. The van der Waals surface area contributed by atoms with Crippen molar-refractivity contribution < 1.29 is 18.0 Å². The molecule has 0 bridgehead atoms. The van der Waals surface area contributed by atoms with E-state index in [2.05, 4.69) is 17.0 Å². The summed E-state index contributed by atoms with van der Waals surface area (Å²) in [4.78, 5) is 23.1. The fourth-order valence-electron chi connectivity index (χ4n) is 3.42. The van der Waals surface area contributed by atoms with Crippen LogP contribution in [0.1, 0.15) is 63.9 Å². The number of rotatable bonds is 7. The third kappa shape index (κ3) is 5.30. The Morgan fingerprint density at radius 3 is 2.27 bits per heavy atom. The number of urea groups is 1. The fourth-order valence-corrected chi connectivity index (χ4v) is 4.33. The Kier molecular flexibility index (Phi) is 7.20. The molecule has 6 nitrogen and oxygen atoms in total. The Morgan fingerprint density at radius 2 is 1.77 bits per heavy atom. The molecule has 1 aromatic rings. The van der Waals surface area contributed by atoms with Crippen LogP contribution in [0.15, 0.2) is 29.2 Å². The van der Waals surface area contributed by atoms with E-state index in [0.29, 0.717) is 12.3 Å². The first-order valence-corrected chi connectivity index (χ1v) is 10.8. The van der Waals surface area contributed by atoms with Crippen LogP contribution < -0.4 is 10.0 Å². The van der Waals surface area contributed by atoms with Crippen LogP contribution in [0.5, 0.6) is 0 Å². The van der Waals surface area contributed by atoms with Gasteiger partial charge in [-0.25, -0.2) is 17.9 Å². The van der Waals surface area contributed by atoms with Crippen molar-refractivity contribution >= 4 is 22.3 Å². The molecular formula is C19H28N2O4S. The van der Waals surface area contributed by atoms with Crippen LogP contribution in [-0.4, -0.2) is 26.8 Å². The second-order valence-corrected chi connectivity index (χ2v) is 8.61. The number of hydrogen-bond acceptors (Lipinski definition) is 4. The summed E-state index contributed by atoms with van der Waals surface area (Å²) in [5.74, 6) is 0.456. The van der Waals surface area contributed by atoms with Gasteiger partial charge < -0.3 is 10.1 Å². The molecule has 1 atom stereocenters. The Hall–Kier alpha value is -1.89. The minimum absolute atomic E-state index is 0.00634. The second kappa shape index (κ2) is 9.16. The lowest BCUT2D eigenvalue weighted by molar-refractivity contribution is -0.109. The van der Waals surface area contributed by atoms with Crippen LogP contribution >= 0.6 is 0 Å². The molecule has 2 rings (SSSR count). The monoisotopic (exact) mass is 380 g/mol. The Labute approximate surface area is 155 Å². The predicted molar refractivity (Wildman–Crippen MR) is 100 cm³/mol. The SMILES string of the molecule is CCC1CCC(NC(=O)NS(=O)(=O)c2ccc(C(C=O)CC)cc2)CC1. The van der Waals surface area contributed by atoms with Gasteiger partial charge in [-0.15, -0.1) is 0 Å². The van der Waals surface area contributed by atoms with Crippen LogP contribution in [0.25, 0.3) is 0 Å². The molecule has 0 radical (unpaired) electrons. The Balaban J connectivity index is 1.95. The van der Waals surface area contributed by atoms with Crippen LogP contribution in [-0.2, 0) is 14.8 Å². The number of carbonyl (C=O) groups is 2. The molecule has 2 amide bonds. The average molecular weight is 381 g/mol. The highest BCUT2D eigenvalue weighted by Crippen LogP contribution is 2.26. The lowest BCUT2D eigenvalue weighted by atomic mass is 9.85. The third-order valence-corrected chi connectivity index (χ3v) is 6.56. The lowest BCUT2D eigenvalue weighted by Crippen LogP contribution is -2.45. The van der Waals surface area contributed by atoms with E-state index in [4.69, 9.17) is 0 Å². The third-order valence-electron chi connectivity index (χ3n) is 5.21. The van der Waals surface area contributed by atoms with Crippen molar-refractivity contribution in [1.29, 1.82) is 0 Å². The van der Waals surface area contributed by atoms with E-state index in [1.807, 2.05) is 6.92 Å². The molecule has 1 aromatic carbocycles. The normalized spacial score (nSPS) is 21.6. The van der Waals surface area contributed by atoms with E-state index in [1.165, 1.54) is 12.1 Å². The maximum Gasteiger partial charge on any atom is 0.328 e. The number of benzene rings is 1. The van der Waals surface area contributed by atoms with Crippen LogP contribution in [0, 0.1) is 5.92 Å². The molecule has 144 valence electrons. The zero-order valence-electron chi connectivity index (χ0n) is 15.4. The van der Waals surface area contributed by atoms with Gasteiger partial charge in [0.25, 0.3) is 10.0 Å². The summed E-state index contributed by atoms with van der Waals surface area (Å²) >= 11 is 0. The summed E-state index contributed by atoms with van der Waals surface area (Å²) < 4.78 is 26.8. The van der Waals surface area contributed by atoms with Gasteiger partial charge in [-0.1, -0.05) is 32.4 Å². The van der Waals surface area contributed by atoms with Gasteiger partial charge in [-0.3, -0.25) is 0 Å². The molecule has 26 heavy (non-hydrogen) atoms. The summed E-state index contributed by atoms with van der Waals surface area (Å²) in [5, 5.41) is 2.76. The zero-order chi connectivity index (χ0) is 19.2. The van der Waals surface area contributed by atoms with Gasteiger partial charge in [0.05, 0.1) is 4.90 Å². The molecular weight excluding hydrogens is 352 g/mol. The van der Waals surface area contributed by atoms with Gasteiger partial charge in [0, 0.05) is 12.0 Å². The maximum absolute atomic E-state index is 12.4. The van der Waals surface area contributed by atoms with Crippen molar-refractivity contribution in [1.82, 2.24) is 10.0 Å². The van der Waals surface area contributed by atoms with Gasteiger partial charge in [0.2, 0.25) is 0 Å². The van der Waals surface area contributed by atoms with Crippen molar-refractivity contribution in [2.75, 3.05) is 0 Å². The molecule has 1 unspecified atom stereocenters. The minimum atomic E-state index is -3.93. The standard InChI is InChI=1S/C19H28N2O4S/c1-3-14-5-9-17(10-6-14)20-19(23)21-26(24,25)18-11-7-16(8-12-18)15(4-2)13-22/h7-8,11-15,17H,3-6,9-10H2,1-2H3,(H2,20,21,23). The number of amides is 2. The minimum Gasteiger partial charge on any atom is -0.335 e. The quantitative estimate of drug-likeness (QED) is 0.710. The molecule has 0 heterocycles. The van der Waals surface area contributed by atoms with E-state index in [0.717, 1.165) is 44.0 Å². The van der Waals surface area contributed by atoms with E-state index in [1.54, 1.807) is 12.1 Å². The molecule has 1 aliphatic carbocycles. The van der Waals surface area contributed by atoms with Crippen molar-refractivity contribution in [2.24, 2.45) is 5.92 Å². The average Bonchev–Trinajstić information content (AvgIpc) is 2.63. The van der Waals surface area contributed by atoms with Crippen LogP contribution in [0.3, 0.4) is 0 Å². The molecule has 0 spiro atoms. The Bertz CT molecular complexity index is 708. The molecule has 0 saturated heterocycles. The van der Waals surface area contributed by atoms with E-state index >= 15 is 0 Å². The first-order chi connectivity index (χ1) is 12.4. The van der Waals surface area contributed by atoms with Gasteiger partial charge in [-0.05, 0) is 55.7 Å². The van der Waals surface area contributed by atoms with Crippen molar-refractivity contribution in [3.8, 4) is 0 Å². The Morgan fingerprint density at radius 1 is 1.15 bits per heavy atom. The number of aldehydes is 1. The highest BCUT2D eigenvalue weighted by atomic mass is 32.2. The highest BCUT2D eigenvalue weighted by molar-refractivity contribution is 7.90. The molecule has 1 aliphatic rings. The van der Waals surface area contributed by atoms with E-state index in [9.17, 15) is 18.0 Å². The van der Waals surface area contributed by atoms with Gasteiger partial charge in [0.1, 0.15) is 6.29 Å². The van der Waals surface area contributed by atoms with Gasteiger partial charge in [0.15, 0.2) is 0 Å². The first-order valence-electron chi connectivity index (χ1n) is 9.28. The molecule has 1 fully saturated rings. The number of hydrogen-bond donors (Lipinski definition) is 2. The second-order valence-electron chi connectivity index (χ2n) is 6.92. The van der Waals surface area contributed by atoms with Crippen molar-refractivity contribution in [3.63, 3.8) is 0 Å². The summed E-state index contributed by atoms with van der Waals surface area (Å²) in [6.45, 7) is 4.06. The highest BCUT2D eigenvalue weighted by Gasteiger charge is 2.24. The summed E-state index contributed by atoms with van der Waals surface area (Å²) in [6, 6.07) is 5.40. The van der Waals surface area contributed by atoms with E-state index in [-0.39, 0.29) is 16.9 Å². The van der Waals surface area contributed by atoms with Crippen molar-refractivity contribution in [3.05, 3.63) is 29.8 Å². The van der Waals surface area contributed by atoms with Gasteiger partial charge >= 0.3 is 6.03 Å². The topological polar surface area (TPSA) is 92.3 Å². The smallest absolute Gasteiger partial charge is 0.328 e. The fraction of sp³-hybridized carbons (Fsp3) is 0.579. The number of carbonyl (C=O) groups excluding carboxylic acids is 2. The zero-order valence-corrected chi connectivity index (χ0v) is 16.2. The maximum atomic E-state index is 12.4. The van der Waals surface area contributed by atoms with Crippen LogP contribution in [0.2, 0.25) is 0 Å². The van der Waals surface area contributed by atoms with Crippen LogP contribution in [0.4, 0.5) is 4.79 Å². The molecule has 2 N–H and O–H groups in total. The number of sulfonamides is 1. The molecule has 0 aromatic heterocycles. The molecule has 7 heteroatoms. The summed E-state index contributed by atoms with van der Waals surface area (Å²) in [6.07, 6.45) is 6.52. The van der Waals surface area contributed by atoms with Gasteiger partial charge in [-0.2, -0.15) is 0 Å². The first kappa shape index (κ1) is 20.4.